The van der Waals surface area contributed by atoms with Gasteiger partial charge in [0.2, 0.25) is 0 Å². The lowest BCUT2D eigenvalue weighted by molar-refractivity contribution is 1.18. The fourth-order valence-electron chi connectivity index (χ4n) is 13.7. The summed E-state index contributed by atoms with van der Waals surface area (Å²) in [5.74, 6) is 0. The normalized spacial score (nSPS) is 12.1. The number of hydrogen-bond acceptors (Lipinski definition) is 1. The average molecular weight is 1020 g/mol. The topological polar surface area (TPSA) is 9.86 Å². The molecule has 17 aromatic rings. The zero-order valence-electron chi connectivity index (χ0n) is 42.9. The van der Waals surface area contributed by atoms with E-state index in [9.17, 15) is 0 Å². The zero-order chi connectivity index (χ0) is 51.7. The monoisotopic (exact) mass is 1020 g/mol. The number of rotatable bonds is 6. The van der Waals surface area contributed by atoms with Gasteiger partial charge in [-0.25, -0.2) is 0 Å². The summed E-state index contributed by atoms with van der Waals surface area (Å²) in [6, 6.07) is 104. The maximum Gasteiger partial charge on any atom is 0.0547 e. The van der Waals surface area contributed by atoms with Crippen LogP contribution in [0.4, 0.5) is 0 Å². The van der Waals surface area contributed by atoms with Gasteiger partial charge in [0.15, 0.2) is 0 Å². The van der Waals surface area contributed by atoms with Gasteiger partial charge in [-0.3, -0.25) is 0 Å². The van der Waals surface area contributed by atoms with Gasteiger partial charge < -0.3 is 9.13 Å². The molecule has 14 aromatic carbocycles. The van der Waals surface area contributed by atoms with Crippen LogP contribution in [-0.2, 0) is 0 Å². The summed E-state index contributed by atoms with van der Waals surface area (Å²) < 4.78 is 7.44. The Morgan fingerprint density at radius 2 is 0.570 bits per heavy atom. The van der Waals surface area contributed by atoms with E-state index >= 15 is 0 Å². The van der Waals surface area contributed by atoms with Crippen molar-refractivity contribution >= 4 is 118 Å². The molecular formula is C76H46N2S. The van der Waals surface area contributed by atoms with Gasteiger partial charge in [0.25, 0.3) is 0 Å². The molecule has 0 spiro atoms. The Bertz CT molecular complexity index is 5250. The summed E-state index contributed by atoms with van der Waals surface area (Å²) in [5.41, 5.74) is 17.1. The predicted octanol–water partition coefficient (Wildman–Crippen LogP) is 21.5. The number of para-hydroxylation sites is 4. The highest BCUT2D eigenvalue weighted by Gasteiger charge is 2.25. The lowest BCUT2D eigenvalue weighted by atomic mass is 9.84. The molecule has 2 nitrogen and oxygen atoms in total. The van der Waals surface area contributed by atoms with E-state index in [-0.39, 0.29) is 0 Å². The molecule has 0 bridgehead atoms. The van der Waals surface area contributed by atoms with Crippen molar-refractivity contribution in [2.24, 2.45) is 0 Å². The summed E-state index contributed by atoms with van der Waals surface area (Å²) >= 11 is 1.92. The van der Waals surface area contributed by atoms with Crippen molar-refractivity contribution in [3.8, 4) is 55.9 Å². The molecule has 3 heterocycles. The lowest BCUT2D eigenvalue weighted by Gasteiger charge is -2.19. The molecule has 0 N–H and O–H groups in total. The van der Waals surface area contributed by atoms with Crippen LogP contribution < -0.4 is 0 Å². The quantitative estimate of drug-likeness (QED) is 0.147. The zero-order valence-corrected chi connectivity index (χ0v) is 43.7. The third-order valence-corrected chi connectivity index (χ3v) is 18.1. The van der Waals surface area contributed by atoms with Crippen molar-refractivity contribution in [3.05, 3.63) is 279 Å². The van der Waals surface area contributed by atoms with Crippen molar-refractivity contribution < 1.29 is 0 Å². The number of hydrogen-bond donors (Lipinski definition) is 0. The minimum Gasteiger partial charge on any atom is -0.309 e. The van der Waals surface area contributed by atoms with Crippen molar-refractivity contribution in [1.82, 2.24) is 9.13 Å². The van der Waals surface area contributed by atoms with Gasteiger partial charge in [0.1, 0.15) is 0 Å². The molecule has 0 amide bonds. The maximum absolute atomic E-state index is 2.43. The number of nitrogens with zero attached hydrogens (tertiary/aromatic N) is 2. The highest BCUT2D eigenvalue weighted by Crippen LogP contribution is 2.52. The van der Waals surface area contributed by atoms with E-state index in [0.29, 0.717) is 0 Å². The van der Waals surface area contributed by atoms with Crippen molar-refractivity contribution in [2.75, 3.05) is 0 Å². The molecule has 79 heavy (non-hydrogen) atoms. The molecule has 3 heteroatoms. The number of fused-ring (bicyclic) bond motifs is 13. The fourth-order valence-corrected chi connectivity index (χ4v) is 14.9. The maximum atomic E-state index is 2.43. The summed E-state index contributed by atoms with van der Waals surface area (Å²) in [4.78, 5) is 0. The fraction of sp³-hybridized carbons (Fsp3) is 0. The predicted molar refractivity (Wildman–Crippen MR) is 340 cm³/mol. The van der Waals surface area contributed by atoms with Crippen LogP contribution in [0.5, 0.6) is 0 Å². The van der Waals surface area contributed by atoms with E-state index in [1.165, 1.54) is 151 Å². The van der Waals surface area contributed by atoms with Crippen LogP contribution in [0.15, 0.2) is 279 Å². The van der Waals surface area contributed by atoms with Crippen LogP contribution >= 0.6 is 11.3 Å². The van der Waals surface area contributed by atoms with Crippen LogP contribution in [0.2, 0.25) is 0 Å². The first-order valence-electron chi connectivity index (χ1n) is 27.2. The van der Waals surface area contributed by atoms with Crippen molar-refractivity contribution in [2.45, 2.75) is 0 Å². The first kappa shape index (κ1) is 44.1. The molecule has 0 aliphatic heterocycles. The smallest absolute Gasteiger partial charge is 0.0547 e. The first-order valence-corrected chi connectivity index (χ1v) is 28.1. The van der Waals surface area contributed by atoms with E-state index in [1.54, 1.807) is 0 Å². The highest BCUT2D eigenvalue weighted by molar-refractivity contribution is 7.26. The summed E-state index contributed by atoms with van der Waals surface area (Å²) in [6.07, 6.45) is 0. The molecule has 0 unspecified atom stereocenters. The van der Waals surface area contributed by atoms with Gasteiger partial charge in [-0.15, -0.1) is 11.3 Å². The SMILES string of the molecule is c1ccc(-n2c3ccccc3c3ccc(-c4c5ccccc5c(-c5cccc6c5sc5cccc(-c7c8ccccc8c(-c8ccc9c%10ccccc%10n(-c%10ccccc%10)c9c8)c8ccccc78)c56)c5ccccc45)cc32)cc1. The minimum absolute atomic E-state index is 1.16. The van der Waals surface area contributed by atoms with Gasteiger partial charge in [-0.1, -0.05) is 224 Å². The summed E-state index contributed by atoms with van der Waals surface area (Å²) in [7, 11) is 0. The molecule has 17 rings (SSSR count). The second-order valence-corrected chi connectivity index (χ2v) is 22.0. The highest BCUT2D eigenvalue weighted by atomic mass is 32.1. The second kappa shape index (κ2) is 17.2. The third-order valence-electron chi connectivity index (χ3n) is 16.9. The van der Waals surface area contributed by atoms with Crippen molar-refractivity contribution in [1.29, 1.82) is 0 Å². The summed E-state index contributed by atoms with van der Waals surface area (Å²) in [6.45, 7) is 0. The largest absolute Gasteiger partial charge is 0.309 e. The first-order chi connectivity index (χ1) is 39.2. The average Bonchev–Trinajstić information content (AvgIpc) is 4.31. The van der Waals surface area contributed by atoms with Crippen LogP contribution in [0, 0.1) is 0 Å². The molecule has 0 radical (unpaired) electrons. The Morgan fingerprint density at radius 3 is 1.03 bits per heavy atom. The Balaban J connectivity index is 0.882. The Kier molecular flexibility index (Phi) is 9.62. The van der Waals surface area contributed by atoms with E-state index in [0.717, 1.165) is 11.4 Å². The third kappa shape index (κ3) is 6.45. The Hall–Kier alpha value is -10.1. The number of thiophene rings is 1. The van der Waals surface area contributed by atoms with Gasteiger partial charge >= 0.3 is 0 Å². The molecule has 0 fully saturated rings. The molecule has 0 saturated carbocycles. The van der Waals surface area contributed by atoms with Gasteiger partial charge in [-0.2, -0.15) is 0 Å². The molecule has 0 saturated heterocycles. The van der Waals surface area contributed by atoms with E-state index in [1.807, 2.05) is 11.3 Å². The van der Waals surface area contributed by atoms with Crippen LogP contribution in [0.25, 0.3) is 163 Å². The Morgan fingerprint density at radius 1 is 0.228 bits per heavy atom. The van der Waals surface area contributed by atoms with Crippen LogP contribution in [0.3, 0.4) is 0 Å². The van der Waals surface area contributed by atoms with Crippen LogP contribution in [-0.4, -0.2) is 9.13 Å². The standard InChI is InChI=1S/C76H46N2S/c1-3-21-49(22-4-1)77-66-38-17-15-25-51(66)53-43-41-47(45-68(53)77)71-55-27-7-11-31-59(55)73(60-32-12-8-28-56(60)71)63-35-20-40-70-75(63)65-37-19-36-64(76(65)79-70)74-61-33-13-9-29-57(61)72(58-30-10-14-34-62(58)74)48-42-44-54-52-26-16-18-39-67(52)78(69(54)46-48)50-23-5-2-6-24-50/h1-46H. The number of aromatic nitrogens is 2. The Labute approximate surface area is 459 Å². The van der Waals surface area contributed by atoms with Gasteiger partial charge in [0.05, 0.1) is 22.1 Å². The summed E-state index contributed by atoms with van der Waals surface area (Å²) in [5, 5.41) is 17.6. The van der Waals surface area contributed by atoms with E-state index in [2.05, 4.69) is 288 Å². The molecule has 3 aromatic heterocycles. The molecule has 0 atom stereocenters. The molecule has 0 aliphatic rings. The van der Waals surface area contributed by atoms with E-state index in [4.69, 9.17) is 0 Å². The number of benzene rings is 14. The molecular weight excluding hydrogens is 973 g/mol. The van der Waals surface area contributed by atoms with Gasteiger partial charge in [-0.05, 0) is 137 Å². The van der Waals surface area contributed by atoms with E-state index < -0.39 is 0 Å². The van der Waals surface area contributed by atoms with Gasteiger partial charge in [0, 0.05) is 58.7 Å². The lowest BCUT2D eigenvalue weighted by Crippen LogP contribution is -1.94. The van der Waals surface area contributed by atoms with Crippen LogP contribution in [0.1, 0.15) is 0 Å². The molecule has 366 valence electrons. The van der Waals surface area contributed by atoms with Crippen molar-refractivity contribution in [3.63, 3.8) is 0 Å². The molecule has 0 aliphatic carbocycles. The minimum atomic E-state index is 1.16. The second-order valence-electron chi connectivity index (χ2n) is 21.0.